The summed E-state index contributed by atoms with van der Waals surface area (Å²) in [5.41, 5.74) is 1.64. The van der Waals surface area contributed by atoms with Crippen LogP contribution in [0.25, 0.3) is 0 Å². The first-order valence-electron chi connectivity index (χ1n) is 7.17. The molecule has 104 valence electrons. The summed E-state index contributed by atoms with van der Waals surface area (Å²) >= 11 is 1.46. The van der Waals surface area contributed by atoms with E-state index in [0.29, 0.717) is 17.2 Å². The second-order valence-electron chi connectivity index (χ2n) is 5.41. The molecule has 1 fully saturated rings. The monoisotopic (exact) mass is 286 g/mol. The molecule has 1 aliphatic carbocycles. The third-order valence-electron chi connectivity index (χ3n) is 4.08. The lowest BCUT2D eigenvalue weighted by atomic mass is 9.83. The van der Waals surface area contributed by atoms with Crippen LogP contribution in [0.5, 0.6) is 5.75 Å². The Labute approximate surface area is 123 Å². The van der Waals surface area contributed by atoms with E-state index in [-0.39, 0.29) is 5.78 Å². The van der Waals surface area contributed by atoms with E-state index in [9.17, 15) is 9.90 Å². The SMILES string of the molecule is O=C(c1ccc(O)c(C2CCCCC2)c1)c1cccs1. The van der Waals surface area contributed by atoms with Crippen LogP contribution in [0.3, 0.4) is 0 Å². The zero-order valence-electron chi connectivity index (χ0n) is 11.3. The van der Waals surface area contributed by atoms with Crippen LogP contribution in [-0.4, -0.2) is 10.9 Å². The average molecular weight is 286 g/mol. The van der Waals surface area contributed by atoms with Gasteiger partial charge in [-0.3, -0.25) is 4.79 Å². The molecule has 0 bridgehead atoms. The molecule has 0 unspecified atom stereocenters. The number of ketones is 1. The summed E-state index contributed by atoms with van der Waals surface area (Å²) in [6, 6.07) is 9.03. The molecule has 1 aromatic heterocycles. The lowest BCUT2D eigenvalue weighted by Gasteiger charge is -2.23. The largest absolute Gasteiger partial charge is 0.508 e. The number of aromatic hydroxyl groups is 1. The van der Waals surface area contributed by atoms with Crippen molar-refractivity contribution in [3.63, 3.8) is 0 Å². The molecule has 1 heterocycles. The molecule has 2 nitrogen and oxygen atoms in total. The van der Waals surface area contributed by atoms with Gasteiger partial charge in [-0.1, -0.05) is 25.3 Å². The number of rotatable bonds is 3. The molecule has 1 N–H and O–H groups in total. The highest BCUT2D eigenvalue weighted by Crippen LogP contribution is 2.37. The Morgan fingerprint density at radius 1 is 1.15 bits per heavy atom. The molecule has 3 rings (SSSR count). The molecule has 0 saturated heterocycles. The predicted molar refractivity (Wildman–Crippen MR) is 81.7 cm³/mol. The Hall–Kier alpha value is -1.61. The summed E-state index contributed by atoms with van der Waals surface area (Å²) in [7, 11) is 0. The minimum Gasteiger partial charge on any atom is -0.508 e. The van der Waals surface area contributed by atoms with E-state index in [2.05, 4.69) is 0 Å². The van der Waals surface area contributed by atoms with Gasteiger partial charge in [0.2, 0.25) is 5.78 Å². The smallest absolute Gasteiger partial charge is 0.202 e. The Bertz CT molecular complexity index is 595. The maximum Gasteiger partial charge on any atom is 0.202 e. The van der Waals surface area contributed by atoms with Gasteiger partial charge in [0.15, 0.2) is 0 Å². The van der Waals surface area contributed by atoms with Crippen LogP contribution >= 0.6 is 11.3 Å². The van der Waals surface area contributed by atoms with Gasteiger partial charge in [0.25, 0.3) is 0 Å². The lowest BCUT2D eigenvalue weighted by molar-refractivity contribution is 0.104. The number of phenolic OH excluding ortho intramolecular Hbond substituents is 1. The van der Waals surface area contributed by atoms with Crippen molar-refractivity contribution in [3.05, 3.63) is 51.7 Å². The highest BCUT2D eigenvalue weighted by molar-refractivity contribution is 7.12. The van der Waals surface area contributed by atoms with Crippen molar-refractivity contribution < 1.29 is 9.90 Å². The van der Waals surface area contributed by atoms with Crippen molar-refractivity contribution in [2.75, 3.05) is 0 Å². The Balaban J connectivity index is 1.91. The Morgan fingerprint density at radius 2 is 1.95 bits per heavy atom. The number of hydrogen-bond acceptors (Lipinski definition) is 3. The molecule has 3 heteroatoms. The number of carbonyl (C=O) groups excluding carboxylic acids is 1. The van der Waals surface area contributed by atoms with Crippen molar-refractivity contribution in [2.45, 2.75) is 38.0 Å². The first-order valence-corrected chi connectivity index (χ1v) is 8.05. The molecule has 0 radical (unpaired) electrons. The summed E-state index contributed by atoms with van der Waals surface area (Å²) in [4.78, 5) is 13.1. The van der Waals surface area contributed by atoms with Gasteiger partial charge in [-0.05, 0) is 54.0 Å². The van der Waals surface area contributed by atoms with Crippen LogP contribution < -0.4 is 0 Å². The summed E-state index contributed by atoms with van der Waals surface area (Å²) < 4.78 is 0. The predicted octanol–water partition coefficient (Wildman–Crippen LogP) is 4.73. The molecule has 20 heavy (non-hydrogen) atoms. The van der Waals surface area contributed by atoms with E-state index in [0.717, 1.165) is 23.3 Å². The van der Waals surface area contributed by atoms with Gasteiger partial charge in [0.05, 0.1) is 4.88 Å². The van der Waals surface area contributed by atoms with Crippen LogP contribution in [0.15, 0.2) is 35.7 Å². The van der Waals surface area contributed by atoms with Crippen LogP contribution in [-0.2, 0) is 0 Å². The highest BCUT2D eigenvalue weighted by atomic mass is 32.1. The van der Waals surface area contributed by atoms with E-state index in [1.54, 1.807) is 12.1 Å². The zero-order valence-corrected chi connectivity index (χ0v) is 12.2. The van der Waals surface area contributed by atoms with Gasteiger partial charge in [-0.15, -0.1) is 11.3 Å². The van der Waals surface area contributed by atoms with Gasteiger partial charge in [-0.2, -0.15) is 0 Å². The van der Waals surface area contributed by atoms with Crippen molar-refractivity contribution >= 4 is 17.1 Å². The quantitative estimate of drug-likeness (QED) is 0.828. The van der Waals surface area contributed by atoms with Gasteiger partial charge < -0.3 is 5.11 Å². The maximum atomic E-state index is 12.4. The topological polar surface area (TPSA) is 37.3 Å². The first-order chi connectivity index (χ1) is 9.75. The summed E-state index contributed by atoms with van der Waals surface area (Å²) in [6.45, 7) is 0. The van der Waals surface area contributed by atoms with Crippen LogP contribution in [0.1, 0.15) is 58.8 Å². The minimum atomic E-state index is 0.0528. The van der Waals surface area contributed by atoms with E-state index >= 15 is 0 Å². The molecule has 0 atom stereocenters. The molecule has 0 amide bonds. The number of carbonyl (C=O) groups is 1. The highest BCUT2D eigenvalue weighted by Gasteiger charge is 2.20. The molecule has 1 aromatic carbocycles. The molecular formula is C17H18O2S. The van der Waals surface area contributed by atoms with Gasteiger partial charge >= 0.3 is 0 Å². The molecule has 1 saturated carbocycles. The minimum absolute atomic E-state index is 0.0528. The maximum absolute atomic E-state index is 12.4. The molecule has 0 aliphatic heterocycles. The average Bonchev–Trinajstić information content (AvgIpc) is 3.02. The van der Waals surface area contributed by atoms with E-state index in [1.165, 1.54) is 30.6 Å². The van der Waals surface area contributed by atoms with E-state index in [4.69, 9.17) is 0 Å². The summed E-state index contributed by atoms with van der Waals surface area (Å²) in [5.74, 6) is 0.788. The van der Waals surface area contributed by atoms with E-state index in [1.807, 2.05) is 23.6 Å². The van der Waals surface area contributed by atoms with Crippen molar-refractivity contribution in [1.29, 1.82) is 0 Å². The number of benzene rings is 1. The normalized spacial score (nSPS) is 16.2. The van der Waals surface area contributed by atoms with Gasteiger partial charge in [0, 0.05) is 5.56 Å². The van der Waals surface area contributed by atoms with Gasteiger partial charge in [-0.25, -0.2) is 0 Å². The third-order valence-corrected chi connectivity index (χ3v) is 4.95. The Kier molecular flexibility index (Phi) is 3.88. The van der Waals surface area contributed by atoms with Crippen molar-refractivity contribution in [1.82, 2.24) is 0 Å². The van der Waals surface area contributed by atoms with E-state index < -0.39 is 0 Å². The second-order valence-corrected chi connectivity index (χ2v) is 6.36. The number of hydrogen-bond donors (Lipinski definition) is 1. The van der Waals surface area contributed by atoms with Crippen molar-refractivity contribution in [3.8, 4) is 5.75 Å². The van der Waals surface area contributed by atoms with Crippen LogP contribution in [0.2, 0.25) is 0 Å². The third kappa shape index (κ3) is 2.63. The van der Waals surface area contributed by atoms with Crippen molar-refractivity contribution in [2.24, 2.45) is 0 Å². The van der Waals surface area contributed by atoms with Crippen LogP contribution in [0.4, 0.5) is 0 Å². The Morgan fingerprint density at radius 3 is 2.65 bits per heavy atom. The zero-order chi connectivity index (χ0) is 13.9. The number of thiophene rings is 1. The van der Waals surface area contributed by atoms with Crippen LogP contribution in [0, 0.1) is 0 Å². The second kappa shape index (κ2) is 5.80. The summed E-state index contributed by atoms with van der Waals surface area (Å²) in [6.07, 6.45) is 5.94. The fourth-order valence-electron chi connectivity index (χ4n) is 2.99. The number of phenols is 1. The molecule has 1 aliphatic rings. The first kappa shape index (κ1) is 13.4. The molecule has 0 spiro atoms. The lowest BCUT2D eigenvalue weighted by Crippen LogP contribution is -2.07. The van der Waals surface area contributed by atoms with Gasteiger partial charge in [0.1, 0.15) is 5.75 Å². The molecule has 2 aromatic rings. The molecular weight excluding hydrogens is 268 g/mol. The standard InChI is InChI=1S/C17H18O2S/c18-15-9-8-13(17(19)16-7-4-10-20-16)11-14(15)12-5-2-1-3-6-12/h4,7-12,18H,1-3,5-6H2. The fourth-order valence-corrected chi connectivity index (χ4v) is 3.67. The summed E-state index contributed by atoms with van der Waals surface area (Å²) in [5, 5.41) is 12.0. The fraction of sp³-hybridized carbons (Fsp3) is 0.353.